The molecule has 0 N–H and O–H groups in total. The zero-order chi connectivity index (χ0) is 13.9. The van der Waals surface area contributed by atoms with Gasteiger partial charge in [0.1, 0.15) is 0 Å². The summed E-state index contributed by atoms with van der Waals surface area (Å²) >= 11 is 0. The topological polar surface area (TPSA) is 0 Å². The van der Waals surface area contributed by atoms with Crippen LogP contribution in [0.3, 0.4) is 0 Å². The van der Waals surface area contributed by atoms with Crippen LogP contribution in [0.25, 0.3) is 0 Å². The number of hydrogen-bond acceptors (Lipinski definition) is 0. The van der Waals surface area contributed by atoms with Crippen molar-refractivity contribution in [2.24, 2.45) is 0 Å². The summed E-state index contributed by atoms with van der Waals surface area (Å²) in [4.78, 5) is 12.3. The zero-order valence-electron chi connectivity index (χ0n) is 13.7. The van der Waals surface area contributed by atoms with Crippen LogP contribution in [-0.2, 0) is 6.51 Å². The molecule has 4 atom stereocenters. The monoisotopic (exact) mass is 362 g/mol. The van der Waals surface area contributed by atoms with Gasteiger partial charge in [0.15, 0.2) is 0 Å². The van der Waals surface area contributed by atoms with Gasteiger partial charge < -0.3 is 0 Å². The Kier molecular flexibility index (Phi) is 0.515. The van der Waals surface area contributed by atoms with Gasteiger partial charge in [-0.25, -0.2) is 0 Å². The molecule has 3 heteroatoms. The number of rotatable bonds is 6. The fourth-order valence-electron chi connectivity index (χ4n) is 19.5. The Hall–Kier alpha value is 1.38. The Morgan fingerprint density at radius 1 is 0.619 bits per heavy atom. The Balaban J connectivity index is 1.49. The van der Waals surface area contributed by atoms with Gasteiger partial charge >= 0.3 is 121 Å². The molecule has 0 aromatic rings. The summed E-state index contributed by atoms with van der Waals surface area (Å²) in [5, 5.41) is 0. The van der Waals surface area contributed by atoms with Crippen LogP contribution < -0.4 is 0 Å². The van der Waals surface area contributed by atoms with Crippen LogP contribution >= 0.6 is 15.8 Å². The predicted octanol–water partition coefficient (Wildman–Crippen LogP) is 6.23. The summed E-state index contributed by atoms with van der Waals surface area (Å²) in [6.45, 7) is 7.44. The van der Waals surface area contributed by atoms with E-state index >= 15 is 0 Å². The van der Waals surface area contributed by atoms with Gasteiger partial charge in [0.25, 0.3) is 0 Å². The maximum atomic E-state index is 2.61. The average Bonchev–Trinajstić information content (AvgIpc) is 3.44. The van der Waals surface area contributed by atoms with E-state index in [-0.39, 0.29) is 0 Å². The molecule has 10 fully saturated rings. The number of hydrogen-bond donors (Lipinski definition) is 0. The van der Waals surface area contributed by atoms with Crippen LogP contribution in [0.15, 0.2) is 0 Å². The molecule has 4 unspecified atom stereocenters. The van der Waals surface area contributed by atoms with Crippen molar-refractivity contribution in [1.29, 1.82) is 0 Å². The van der Waals surface area contributed by atoms with E-state index in [1.165, 1.54) is 8.11 Å². The molecule has 10 heterocycles. The van der Waals surface area contributed by atoms with Crippen LogP contribution in [0.5, 0.6) is 0 Å². The standard InChI is InChI=1S/C13H23P2.C5H5.Fe/c1-5-14(6-2)12-10-9-11-13(12)15(7-3)8-4;1-2-4-5-3-1;/h9-11H,5-8H2,1-4H3;1-5H;. The second-order valence-electron chi connectivity index (χ2n) is 12.0. The summed E-state index contributed by atoms with van der Waals surface area (Å²) in [5.74, 6) is 0. The molecule has 0 aliphatic carbocycles. The van der Waals surface area contributed by atoms with Crippen LogP contribution in [0.1, 0.15) is 27.7 Å². The first kappa shape index (κ1) is 10.4. The van der Waals surface area contributed by atoms with Crippen molar-refractivity contribution >= 4 is 15.8 Å². The van der Waals surface area contributed by atoms with Gasteiger partial charge in [0, 0.05) is 0 Å². The van der Waals surface area contributed by atoms with E-state index in [2.05, 4.69) is 27.7 Å². The molecule has 0 amide bonds. The summed E-state index contributed by atoms with van der Waals surface area (Å²) in [7, 11) is 0.900. The van der Waals surface area contributed by atoms with E-state index in [0.29, 0.717) is 15.8 Å². The molecule has 10 aliphatic heterocycles. The molecule has 0 radical (unpaired) electrons. The molecule has 10 saturated heterocycles. The summed E-state index contributed by atoms with van der Waals surface area (Å²) < 4.78 is 2.45. The van der Waals surface area contributed by atoms with Crippen molar-refractivity contribution in [3.05, 3.63) is 0 Å². The molecule has 10 rings (SSSR count). The van der Waals surface area contributed by atoms with Gasteiger partial charge in [-0.3, -0.25) is 0 Å². The second kappa shape index (κ2) is 1.04. The average molecular weight is 362 g/mol. The molecule has 0 aromatic heterocycles. The zero-order valence-corrected chi connectivity index (χ0v) is 16.6. The molecule has 1 spiro atoms. The molecule has 0 nitrogen and oxygen atoms in total. The van der Waals surface area contributed by atoms with Crippen LogP contribution in [-0.4, -0.2) is 32.8 Å². The van der Waals surface area contributed by atoms with Crippen molar-refractivity contribution in [1.82, 2.24) is 0 Å². The van der Waals surface area contributed by atoms with E-state index in [0.717, 1.165) is 0 Å². The van der Waals surface area contributed by atoms with E-state index in [9.17, 15) is 0 Å². The van der Waals surface area contributed by atoms with Gasteiger partial charge in [0.2, 0.25) is 0 Å². The van der Waals surface area contributed by atoms with E-state index in [4.69, 9.17) is 0 Å². The quantitative estimate of drug-likeness (QED) is 0.388. The molecule has 0 bridgehead atoms. The van der Waals surface area contributed by atoms with Crippen molar-refractivity contribution in [3.63, 3.8) is 0 Å². The number of fused-ring (bicyclic) bond motifs is 10. The minimum atomic E-state index is -2.99. The van der Waals surface area contributed by atoms with Gasteiger partial charge in [0.05, 0.1) is 0 Å². The Labute approximate surface area is 121 Å². The first-order valence-corrected chi connectivity index (χ1v) is 19.3. The Bertz CT molecular complexity index is 964. The van der Waals surface area contributed by atoms with Crippen LogP contribution in [0.4, 0.5) is 0 Å². The summed E-state index contributed by atoms with van der Waals surface area (Å²) in [6.07, 6.45) is 6.49. The molecule has 10 aliphatic rings. The maximum absolute atomic E-state index is 2.99. The van der Waals surface area contributed by atoms with Crippen molar-refractivity contribution in [2.75, 3.05) is 24.6 Å². The fourth-order valence-corrected chi connectivity index (χ4v) is 129. The first-order chi connectivity index (χ1) is 9.98. The summed E-state index contributed by atoms with van der Waals surface area (Å²) in [6, 6.07) is 0. The third kappa shape index (κ3) is 0.130. The third-order valence-electron chi connectivity index (χ3n) is 17.1. The molecule has 118 valence electrons. The van der Waals surface area contributed by atoms with Gasteiger partial charge in [-0.1, -0.05) is 0 Å². The molecular formula is C18H28FeP2. The van der Waals surface area contributed by atoms with E-state index in [1.807, 2.05) is 0 Å². The van der Waals surface area contributed by atoms with Crippen molar-refractivity contribution in [3.8, 4) is 0 Å². The second-order valence-corrected chi connectivity index (χ2v) is 42.1. The van der Waals surface area contributed by atoms with Crippen LogP contribution in [0.2, 0.25) is 38.5 Å². The van der Waals surface area contributed by atoms with E-state index < -0.39 is 6.51 Å². The minimum absolute atomic E-state index is 0.450. The molecule has 0 aromatic carbocycles. The van der Waals surface area contributed by atoms with Crippen molar-refractivity contribution in [2.45, 2.75) is 74.3 Å². The Morgan fingerprint density at radius 3 is 1.14 bits per heavy atom. The third-order valence-corrected chi connectivity index (χ3v) is 75.0. The molecular weight excluding hydrogens is 334 g/mol. The van der Waals surface area contributed by atoms with Crippen molar-refractivity contribution < 1.29 is 6.51 Å². The van der Waals surface area contributed by atoms with Gasteiger partial charge in [-0.05, 0) is 0 Å². The van der Waals surface area contributed by atoms with Gasteiger partial charge in [-0.2, -0.15) is 0 Å². The van der Waals surface area contributed by atoms with E-state index in [1.54, 1.807) is 63.2 Å². The Morgan fingerprint density at radius 2 is 0.952 bits per heavy atom. The van der Waals surface area contributed by atoms with Gasteiger partial charge in [-0.15, -0.1) is 0 Å². The normalized spacial score (nSPS) is 103. The molecule has 21 heavy (non-hydrogen) atoms. The fraction of sp³-hybridized carbons (Fsp3) is 1.00. The summed E-state index contributed by atoms with van der Waals surface area (Å²) in [5.41, 5.74) is 0. The van der Waals surface area contributed by atoms with Crippen LogP contribution in [0, 0.1) is 0 Å². The first-order valence-electron chi connectivity index (χ1n) is 9.69. The predicted molar refractivity (Wildman–Crippen MR) is 91.5 cm³/mol. The SMILES string of the molecule is CCP(CC)[C]12[CH]3[CH]4[CH]5[C]1(P(CC)CC)[Fe]43521678[CH]2[CH]1[CH]6[CH]7[CH]28. The molecule has 0 saturated carbocycles.